The van der Waals surface area contributed by atoms with E-state index in [0.717, 1.165) is 11.1 Å². The van der Waals surface area contributed by atoms with Gasteiger partial charge in [-0.05, 0) is 43.2 Å². The molecule has 2 atom stereocenters. The number of aromatic nitrogens is 1. The molecule has 156 valence electrons. The molecule has 0 aliphatic heterocycles. The summed E-state index contributed by atoms with van der Waals surface area (Å²) in [6.07, 6.45) is 1.47. The highest BCUT2D eigenvalue weighted by atomic mass is 35.5. The number of nitrogens with zero attached hydrogens (tertiary/aromatic N) is 1. The molecule has 0 aliphatic rings. The van der Waals surface area contributed by atoms with Crippen LogP contribution in [0.4, 0.5) is 5.69 Å². The van der Waals surface area contributed by atoms with Crippen molar-refractivity contribution in [2.24, 2.45) is 5.73 Å². The number of nitrogens with one attached hydrogen (secondary N) is 1. The Hall–Kier alpha value is -2.83. The van der Waals surface area contributed by atoms with Gasteiger partial charge in [-0.15, -0.1) is 11.6 Å². The Labute approximate surface area is 183 Å². The van der Waals surface area contributed by atoms with Gasteiger partial charge in [0.2, 0.25) is 11.8 Å². The summed E-state index contributed by atoms with van der Waals surface area (Å²) in [5, 5.41) is 3.96. The van der Waals surface area contributed by atoms with Gasteiger partial charge in [0.15, 0.2) is 0 Å². The van der Waals surface area contributed by atoms with E-state index in [1.165, 1.54) is 10.8 Å². The van der Waals surface area contributed by atoms with E-state index in [1.54, 1.807) is 32.0 Å². The van der Waals surface area contributed by atoms with Crippen molar-refractivity contribution in [3.63, 3.8) is 0 Å². The van der Waals surface area contributed by atoms with Crippen LogP contribution in [0.5, 0.6) is 0 Å². The number of amides is 2. The molecule has 3 aromatic rings. The number of anilines is 1. The van der Waals surface area contributed by atoms with E-state index in [4.69, 9.17) is 28.9 Å². The molecule has 1 heterocycles. The van der Waals surface area contributed by atoms with Crippen LogP contribution in [0.25, 0.3) is 10.8 Å². The highest BCUT2D eigenvalue weighted by Gasteiger charge is 2.20. The first-order valence-corrected chi connectivity index (χ1v) is 10.2. The first kappa shape index (κ1) is 21.9. The summed E-state index contributed by atoms with van der Waals surface area (Å²) >= 11 is 12.1. The van der Waals surface area contributed by atoms with Crippen LogP contribution in [0.15, 0.2) is 53.5 Å². The third kappa shape index (κ3) is 4.20. The predicted molar refractivity (Wildman–Crippen MR) is 120 cm³/mol. The molecule has 6 nitrogen and oxygen atoms in total. The molecule has 0 aliphatic carbocycles. The fraction of sp³-hybridized carbons (Fsp3) is 0.227. The molecule has 8 heteroatoms. The number of alkyl halides is 1. The van der Waals surface area contributed by atoms with Gasteiger partial charge in [-0.2, -0.15) is 0 Å². The molecule has 0 saturated heterocycles. The second-order valence-corrected chi connectivity index (χ2v) is 7.75. The maximum absolute atomic E-state index is 12.9. The average Bonchev–Trinajstić information content (AvgIpc) is 2.74. The highest BCUT2D eigenvalue weighted by molar-refractivity contribution is 6.35. The smallest absolute Gasteiger partial charge is 0.259 e. The number of nitrogens with two attached hydrogens (primary N) is 1. The quantitative estimate of drug-likeness (QED) is 0.557. The lowest BCUT2D eigenvalue weighted by Crippen LogP contribution is -2.31. The van der Waals surface area contributed by atoms with Crippen molar-refractivity contribution in [3.8, 4) is 0 Å². The van der Waals surface area contributed by atoms with Gasteiger partial charge in [0.25, 0.3) is 5.56 Å². The standard InChI is InChI=1S/C22H21Cl2N3O3/c1-12(15-5-3-14(11-23)4-6-15)21(29)26-19-16-9-10-27(13(2)20(25)28)22(30)17(16)7-8-18(19)24/h3-10,12-13H,11H2,1-2H3,(H2,25,28)(H,26,29)/t12-,13+/m0/s1. The number of hydrogen-bond acceptors (Lipinski definition) is 3. The van der Waals surface area contributed by atoms with Gasteiger partial charge in [-0.25, -0.2) is 0 Å². The predicted octanol–water partition coefficient (Wildman–Crippen LogP) is 4.18. The number of pyridine rings is 1. The topological polar surface area (TPSA) is 94.2 Å². The second kappa shape index (κ2) is 8.90. The lowest BCUT2D eigenvalue weighted by molar-refractivity contribution is -0.120. The van der Waals surface area contributed by atoms with Gasteiger partial charge in [0, 0.05) is 22.8 Å². The zero-order valence-corrected chi connectivity index (χ0v) is 18.0. The molecule has 0 bridgehead atoms. The van der Waals surface area contributed by atoms with Crippen molar-refractivity contribution < 1.29 is 9.59 Å². The fourth-order valence-electron chi connectivity index (χ4n) is 3.16. The van der Waals surface area contributed by atoms with E-state index >= 15 is 0 Å². The molecular weight excluding hydrogens is 425 g/mol. The number of benzene rings is 2. The van der Waals surface area contributed by atoms with Gasteiger partial charge in [-0.3, -0.25) is 14.4 Å². The van der Waals surface area contributed by atoms with E-state index in [0.29, 0.717) is 27.4 Å². The van der Waals surface area contributed by atoms with Gasteiger partial charge >= 0.3 is 0 Å². The highest BCUT2D eigenvalue weighted by Crippen LogP contribution is 2.31. The number of primary amides is 1. The van der Waals surface area contributed by atoms with Gasteiger partial charge in [-0.1, -0.05) is 35.9 Å². The molecule has 3 rings (SSSR count). The van der Waals surface area contributed by atoms with Crippen molar-refractivity contribution in [3.05, 3.63) is 75.2 Å². The van der Waals surface area contributed by atoms with Crippen LogP contribution in [0.3, 0.4) is 0 Å². The minimum absolute atomic E-state index is 0.266. The average molecular weight is 446 g/mol. The largest absolute Gasteiger partial charge is 0.368 e. The fourth-order valence-corrected chi connectivity index (χ4v) is 3.55. The van der Waals surface area contributed by atoms with Gasteiger partial charge in [0.1, 0.15) is 6.04 Å². The Morgan fingerprint density at radius 3 is 2.33 bits per heavy atom. The molecule has 2 amide bonds. The van der Waals surface area contributed by atoms with E-state index in [-0.39, 0.29) is 5.91 Å². The summed E-state index contributed by atoms with van der Waals surface area (Å²) in [5.41, 5.74) is 7.07. The second-order valence-electron chi connectivity index (χ2n) is 7.08. The van der Waals surface area contributed by atoms with E-state index < -0.39 is 23.4 Å². The number of hydrogen-bond donors (Lipinski definition) is 2. The summed E-state index contributed by atoms with van der Waals surface area (Å²) < 4.78 is 1.26. The maximum Gasteiger partial charge on any atom is 0.259 e. The van der Waals surface area contributed by atoms with Gasteiger partial charge in [0.05, 0.1) is 16.6 Å². The van der Waals surface area contributed by atoms with Crippen molar-refractivity contribution >= 4 is 51.5 Å². The van der Waals surface area contributed by atoms with Crippen molar-refractivity contribution in [1.29, 1.82) is 0 Å². The lowest BCUT2D eigenvalue weighted by atomic mass is 9.99. The van der Waals surface area contributed by atoms with Crippen LogP contribution < -0.4 is 16.6 Å². The third-order valence-electron chi connectivity index (χ3n) is 5.17. The molecule has 0 radical (unpaired) electrons. The monoisotopic (exact) mass is 445 g/mol. The third-order valence-corrected chi connectivity index (χ3v) is 5.79. The van der Waals surface area contributed by atoms with Crippen LogP contribution in [0, 0.1) is 0 Å². The molecule has 0 spiro atoms. The summed E-state index contributed by atoms with van der Waals surface area (Å²) in [6.45, 7) is 3.33. The molecule has 3 N–H and O–H groups in total. The number of carbonyl (C=O) groups is 2. The van der Waals surface area contributed by atoms with Crippen LogP contribution in [-0.2, 0) is 15.5 Å². The van der Waals surface area contributed by atoms with Gasteiger partial charge < -0.3 is 15.6 Å². The SMILES string of the molecule is C[C@H](C(=O)Nc1c(Cl)ccc2c(=O)n([C@H](C)C(N)=O)ccc12)c1ccc(CCl)cc1. The molecule has 0 fully saturated rings. The summed E-state index contributed by atoms with van der Waals surface area (Å²) in [7, 11) is 0. The van der Waals surface area contributed by atoms with E-state index in [9.17, 15) is 14.4 Å². The molecule has 0 saturated carbocycles. The number of carbonyl (C=O) groups excluding carboxylic acids is 2. The van der Waals surface area contributed by atoms with Crippen LogP contribution >= 0.6 is 23.2 Å². The van der Waals surface area contributed by atoms with Crippen molar-refractivity contribution in [2.45, 2.75) is 31.7 Å². The minimum atomic E-state index is -0.799. The lowest BCUT2D eigenvalue weighted by Gasteiger charge is -2.17. The summed E-state index contributed by atoms with van der Waals surface area (Å²) in [5.74, 6) is -0.931. The zero-order valence-electron chi connectivity index (χ0n) is 16.5. The molecule has 30 heavy (non-hydrogen) atoms. The summed E-state index contributed by atoms with van der Waals surface area (Å²) in [4.78, 5) is 37.2. The van der Waals surface area contributed by atoms with E-state index in [2.05, 4.69) is 5.32 Å². The Bertz CT molecular complexity index is 1170. The zero-order chi connectivity index (χ0) is 22.0. The van der Waals surface area contributed by atoms with Crippen molar-refractivity contribution in [2.75, 3.05) is 5.32 Å². The number of halogens is 2. The van der Waals surface area contributed by atoms with Crippen LogP contribution in [0.2, 0.25) is 5.02 Å². The summed E-state index contributed by atoms with van der Waals surface area (Å²) in [6, 6.07) is 11.4. The Balaban J connectivity index is 1.97. The Morgan fingerprint density at radius 1 is 1.07 bits per heavy atom. The van der Waals surface area contributed by atoms with Crippen molar-refractivity contribution in [1.82, 2.24) is 4.57 Å². The Kier molecular flexibility index (Phi) is 6.48. The first-order valence-electron chi connectivity index (χ1n) is 9.33. The molecule has 1 aromatic heterocycles. The van der Waals surface area contributed by atoms with Crippen LogP contribution in [-0.4, -0.2) is 16.4 Å². The first-order chi connectivity index (χ1) is 14.2. The normalized spacial score (nSPS) is 13.1. The molecular formula is C22H21Cl2N3O3. The number of rotatable bonds is 6. The maximum atomic E-state index is 12.9. The molecule has 0 unspecified atom stereocenters. The van der Waals surface area contributed by atoms with Crippen LogP contribution in [0.1, 0.15) is 36.9 Å². The number of fused-ring (bicyclic) bond motifs is 1. The minimum Gasteiger partial charge on any atom is -0.368 e. The van der Waals surface area contributed by atoms with E-state index in [1.807, 2.05) is 24.3 Å². The molecule has 2 aromatic carbocycles. The Morgan fingerprint density at radius 2 is 1.73 bits per heavy atom.